The molecule has 0 saturated heterocycles. The Morgan fingerprint density at radius 1 is 0.652 bits per heavy atom. The van der Waals surface area contributed by atoms with Crippen molar-refractivity contribution in [3.05, 3.63) is 108 Å². The fourth-order valence-electron chi connectivity index (χ4n) is 3.26. The third-order valence-electron chi connectivity index (χ3n) is 4.41. The van der Waals surface area contributed by atoms with Gasteiger partial charge in [-0.1, -0.05) is 90.1 Å². The van der Waals surface area contributed by atoms with Crippen LogP contribution in [0.3, 0.4) is 0 Å². The second-order valence-corrected chi connectivity index (χ2v) is 5.68. The Balaban J connectivity index is 1.99. The lowest BCUT2D eigenvalue weighted by Gasteiger charge is -2.41. The lowest BCUT2D eigenvalue weighted by Crippen LogP contribution is -2.44. The fraction of sp³-hybridized carbons (Fsp3) is 0.0476. The van der Waals surface area contributed by atoms with Crippen LogP contribution in [-0.2, 0) is 10.7 Å². The molecule has 0 spiro atoms. The van der Waals surface area contributed by atoms with E-state index in [9.17, 15) is 5.21 Å². The number of nitrogens with zero attached hydrogens (tertiary/aromatic N) is 1. The zero-order valence-corrected chi connectivity index (χ0v) is 12.6. The van der Waals surface area contributed by atoms with Crippen LogP contribution in [0.2, 0.25) is 0 Å². The Bertz CT molecular complexity index is 800. The predicted octanol–water partition coefficient (Wildman–Crippen LogP) is 4.81. The largest absolute Gasteiger partial charge is 0.201 e. The molecule has 1 heterocycles. The summed E-state index contributed by atoms with van der Waals surface area (Å²) >= 11 is 0. The van der Waals surface area contributed by atoms with E-state index in [0.29, 0.717) is 5.69 Å². The summed E-state index contributed by atoms with van der Waals surface area (Å²) in [5.74, 6) is 0. The molecular formula is C21H16NO. The Morgan fingerprint density at radius 2 is 1.17 bits per heavy atom. The van der Waals surface area contributed by atoms with Crippen LogP contribution < -0.4 is 5.06 Å². The molecule has 0 N–H and O–H groups in total. The molecule has 23 heavy (non-hydrogen) atoms. The van der Waals surface area contributed by atoms with Gasteiger partial charge in [0.2, 0.25) is 0 Å². The molecule has 0 amide bonds. The molecule has 0 aromatic heterocycles. The van der Waals surface area contributed by atoms with Gasteiger partial charge in [0.05, 0.1) is 5.69 Å². The minimum atomic E-state index is -0.836. The zero-order chi connectivity index (χ0) is 15.7. The number of para-hydroxylation sites is 1. The number of hydroxylamine groups is 1. The number of hydrogen-bond acceptors (Lipinski definition) is 1. The first-order valence-corrected chi connectivity index (χ1v) is 7.69. The molecule has 0 fully saturated rings. The second-order valence-electron chi connectivity index (χ2n) is 5.68. The van der Waals surface area contributed by atoms with Gasteiger partial charge in [-0.25, -0.2) is 5.06 Å². The van der Waals surface area contributed by atoms with Crippen LogP contribution in [0.4, 0.5) is 5.69 Å². The number of rotatable bonds is 2. The molecule has 0 bridgehead atoms. The van der Waals surface area contributed by atoms with Crippen molar-refractivity contribution in [2.45, 2.75) is 5.54 Å². The van der Waals surface area contributed by atoms with E-state index in [2.05, 4.69) is 0 Å². The van der Waals surface area contributed by atoms with E-state index >= 15 is 0 Å². The summed E-state index contributed by atoms with van der Waals surface area (Å²) in [6, 6.07) is 27.6. The normalized spacial score (nSPS) is 15.3. The van der Waals surface area contributed by atoms with Crippen LogP contribution in [-0.4, -0.2) is 0 Å². The van der Waals surface area contributed by atoms with Gasteiger partial charge in [0.25, 0.3) is 0 Å². The van der Waals surface area contributed by atoms with E-state index in [-0.39, 0.29) is 0 Å². The van der Waals surface area contributed by atoms with Gasteiger partial charge in [0, 0.05) is 5.56 Å². The summed E-state index contributed by atoms with van der Waals surface area (Å²) in [6.45, 7) is 0. The van der Waals surface area contributed by atoms with Gasteiger partial charge in [0.15, 0.2) is 0 Å². The first-order valence-electron chi connectivity index (χ1n) is 7.69. The highest BCUT2D eigenvalue weighted by molar-refractivity contribution is 5.75. The van der Waals surface area contributed by atoms with E-state index in [4.69, 9.17) is 0 Å². The maximum atomic E-state index is 13.4. The molecule has 4 rings (SSSR count). The lowest BCUT2D eigenvalue weighted by atomic mass is 9.79. The third kappa shape index (κ3) is 2.07. The van der Waals surface area contributed by atoms with E-state index in [1.165, 1.54) is 0 Å². The van der Waals surface area contributed by atoms with E-state index in [0.717, 1.165) is 21.8 Å². The van der Waals surface area contributed by atoms with E-state index in [1.54, 1.807) is 0 Å². The van der Waals surface area contributed by atoms with Crippen molar-refractivity contribution in [1.29, 1.82) is 0 Å². The number of fused-ring (bicyclic) bond motifs is 1. The predicted molar refractivity (Wildman–Crippen MR) is 92.3 cm³/mol. The van der Waals surface area contributed by atoms with Gasteiger partial charge < -0.3 is 0 Å². The highest BCUT2D eigenvalue weighted by atomic mass is 16.5. The van der Waals surface area contributed by atoms with Crippen molar-refractivity contribution in [3.63, 3.8) is 0 Å². The molecule has 111 valence electrons. The minimum Gasteiger partial charge on any atom is -0.201 e. The standard InChI is InChI=1S/C21H16NO/c23-22-20-14-8-7-9-17(20)15-16-21(22,18-10-3-1-4-11-18)19-12-5-2-6-13-19/h1-16H. The van der Waals surface area contributed by atoms with E-state index in [1.807, 2.05) is 97.1 Å². The van der Waals surface area contributed by atoms with Gasteiger partial charge in [0.1, 0.15) is 5.54 Å². The Hall–Kier alpha value is -2.84. The summed E-state index contributed by atoms with van der Waals surface area (Å²) in [6.07, 6.45) is 4.05. The van der Waals surface area contributed by atoms with E-state index < -0.39 is 5.54 Å². The lowest BCUT2D eigenvalue weighted by molar-refractivity contribution is 0.113. The van der Waals surface area contributed by atoms with Gasteiger partial charge in [-0.15, -0.1) is 0 Å². The van der Waals surface area contributed by atoms with Crippen molar-refractivity contribution in [1.82, 2.24) is 0 Å². The zero-order valence-electron chi connectivity index (χ0n) is 12.6. The minimum absolute atomic E-state index is 0.697. The molecule has 1 aliphatic rings. The molecular weight excluding hydrogens is 282 g/mol. The van der Waals surface area contributed by atoms with Crippen molar-refractivity contribution in [2.75, 3.05) is 5.06 Å². The Kier molecular flexibility index (Phi) is 3.25. The number of hydrogen-bond donors (Lipinski definition) is 0. The summed E-state index contributed by atoms with van der Waals surface area (Å²) in [4.78, 5) is 0. The molecule has 0 aliphatic carbocycles. The molecule has 3 aromatic carbocycles. The SMILES string of the molecule is [O]N1c2ccccc2C=CC1(c1ccccc1)c1ccccc1. The topological polar surface area (TPSA) is 23.1 Å². The van der Waals surface area contributed by atoms with Gasteiger partial charge in [-0.3, -0.25) is 0 Å². The monoisotopic (exact) mass is 298 g/mol. The average molecular weight is 298 g/mol. The Morgan fingerprint density at radius 3 is 1.78 bits per heavy atom. The van der Waals surface area contributed by atoms with Gasteiger partial charge in [-0.05, 0) is 23.3 Å². The summed E-state index contributed by atoms with van der Waals surface area (Å²) in [5, 5.41) is 14.5. The molecule has 0 unspecified atom stereocenters. The molecule has 1 aliphatic heterocycles. The average Bonchev–Trinajstić information content (AvgIpc) is 2.64. The fourth-order valence-corrected chi connectivity index (χ4v) is 3.26. The number of anilines is 1. The van der Waals surface area contributed by atoms with Crippen LogP contribution in [0.15, 0.2) is 91.0 Å². The van der Waals surface area contributed by atoms with Crippen molar-refractivity contribution >= 4 is 11.8 Å². The van der Waals surface area contributed by atoms with Gasteiger partial charge in [-0.2, -0.15) is 0 Å². The quantitative estimate of drug-likeness (QED) is 0.666. The maximum absolute atomic E-state index is 13.4. The third-order valence-corrected chi connectivity index (χ3v) is 4.41. The molecule has 3 aromatic rings. The van der Waals surface area contributed by atoms with Crippen LogP contribution in [0.25, 0.3) is 6.08 Å². The molecule has 0 saturated carbocycles. The molecule has 2 nitrogen and oxygen atoms in total. The first-order chi connectivity index (χ1) is 11.3. The molecule has 2 heteroatoms. The summed E-state index contributed by atoms with van der Waals surface area (Å²) in [7, 11) is 0. The van der Waals surface area contributed by atoms with Crippen molar-refractivity contribution in [2.24, 2.45) is 0 Å². The van der Waals surface area contributed by atoms with Crippen molar-refractivity contribution in [3.8, 4) is 0 Å². The molecule has 0 atom stereocenters. The van der Waals surface area contributed by atoms with Crippen LogP contribution in [0.1, 0.15) is 16.7 Å². The van der Waals surface area contributed by atoms with Gasteiger partial charge >= 0.3 is 0 Å². The van der Waals surface area contributed by atoms with Crippen LogP contribution in [0, 0.1) is 0 Å². The number of benzene rings is 3. The second kappa shape index (κ2) is 5.41. The van der Waals surface area contributed by atoms with Crippen molar-refractivity contribution < 1.29 is 5.21 Å². The highest BCUT2D eigenvalue weighted by Crippen LogP contribution is 2.44. The molecule has 1 radical (unpaired) electrons. The maximum Gasteiger partial charge on any atom is 0.139 e. The Labute approximate surface area is 135 Å². The van der Waals surface area contributed by atoms with Crippen LogP contribution in [0.5, 0.6) is 0 Å². The smallest absolute Gasteiger partial charge is 0.139 e. The first kappa shape index (κ1) is 13.8. The van der Waals surface area contributed by atoms with Crippen LogP contribution >= 0.6 is 0 Å². The summed E-state index contributed by atoms with van der Waals surface area (Å²) < 4.78 is 0. The highest BCUT2D eigenvalue weighted by Gasteiger charge is 2.41. The summed E-state index contributed by atoms with van der Waals surface area (Å²) in [5.41, 5.74) is 2.74.